The van der Waals surface area contributed by atoms with Crippen molar-refractivity contribution in [3.8, 4) is 28.3 Å². The quantitative estimate of drug-likeness (QED) is 0.259. The lowest BCUT2D eigenvalue weighted by Crippen LogP contribution is -2.14. The number of carbonyl (C=O) groups is 1. The second kappa shape index (κ2) is 10.2. The van der Waals surface area contributed by atoms with E-state index in [1.54, 1.807) is 23.7 Å². The van der Waals surface area contributed by atoms with E-state index in [-0.39, 0.29) is 23.9 Å². The van der Waals surface area contributed by atoms with Crippen molar-refractivity contribution in [1.82, 2.24) is 14.8 Å². The first-order valence-electron chi connectivity index (χ1n) is 11.6. The van der Waals surface area contributed by atoms with Crippen molar-refractivity contribution in [3.63, 3.8) is 0 Å². The molecule has 1 aromatic carbocycles. The zero-order valence-electron chi connectivity index (χ0n) is 20.2. The molecule has 1 saturated heterocycles. The number of pyridine rings is 1. The maximum atomic E-state index is 12.7. The highest BCUT2D eigenvalue weighted by Gasteiger charge is 2.31. The zero-order chi connectivity index (χ0) is 25.1. The van der Waals surface area contributed by atoms with Crippen LogP contribution in [0.2, 0.25) is 0 Å². The van der Waals surface area contributed by atoms with Gasteiger partial charge < -0.3 is 14.2 Å². The molecule has 0 spiro atoms. The largest absolute Gasteiger partial charge is 0.478 e. The monoisotopic (exact) mass is 480 g/mol. The highest BCUT2D eigenvalue weighted by atomic mass is 16.6. The van der Waals surface area contributed by atoms with Gasteiger partial charge in [0.1, 0.15) is 5.56 Å². The van der Waals surface area contributed by atoms with Crippen molar-refractivity contribution >= 4 is 11.7 Å². The SMILES string of the molecule is CCOC(=O)c1cnn(C2CCOC2)c1-c1ccc(-c2c(C)cc(OCC)nc2C)cc1[N+](=O)[O-]. The molecular weight excluding hydrogens is 452 g/mol. The molecule has 1 aliphatic heterocycles. The summed E-state index contributed by atoms with van der Waals surface area (Å²) in [7, 11) is 0. The van der Waals surface area contributed by atoms with Crippen LogP contribution in [0, 0.1) is 24.0 Å². The maximum Gasteiger partial charge on any atom is 0.341 e. The summed E-state index contributed by atoms with van der Waals surface area (Å²) in [4.78, 5) is 29.0. The van der Waals surface area contributed by atoms with Gasteiger partial charge in [0.05, 0.1) is 48.2 Å². The van der Waals surface area contributed by atoms with E-state index in [4.69, 9.17) is 14.2 Å². The van der Waals surface area contributed by atoms with Gasteiger partial charge in [-0.25, -0.2) is 9.78 Å². The van der Waals surface area contributed by atoms with Crippen LogP contribution in [0.25, 0.3) is 22.4 Å². The van der Waals surface area contributed by atoms with E-state index in [0.29, 0.717) is 54.6 Å². The molecule has 4 rings (SSSR count). The van der Waals surface area contributed by atoms with Crippen LogP contribution in [-0.4, -0.2) is 52.1 Å². The Labute approximate surface area is 203 Å². The molecule has 0 N–H and O–H groups in total. The van der Waals surface area contributed by atoms with Gasteiger partial charge in [-0.15, -0.1) is 0 Å². The normalized spacial score (nSPS) is 15.3. The first-order chi connectivity index (χ1) is 16.8. The molecule has 2 aromatic heterocycles. The first-order valence-corrected chi connectivity index (χ1v) is 11.6. The van der Waals surface area contributed by atoms with Gasteiger partial charge in [-0.05, 0) is 51.3 Å². The molecule has 35 heavy (non-hydrogen) atoms. The Morgan fingerprint density at radius 1 is 1.26 bits per heavy atom. The van der Waals surface area contributed by atoms with Crippen LogP contribution >= 0.6 is 0 Å². The third-order valence-corrected chi connectivity index (χ3v) is 5.95. The fourth-order valence-corrected chi connectivity index (χ4v) is 4.47. The minimum atomic E-state index is -0.576. The average molecular weight is 481 g/mol. The fourth-order valence-electron chi connectivity index (χ4n) is 4.47. The van der Waals surface area contributed by atoms with E-state index in [0.717, 1.165) is 11.1 Å². The summed E-state index contributed by atoms with van der Waals surface area (Å²) in [6.07, 6.45) is 2.10. The molecule has 0 aliphatic carbocycles. The van der Waals surface area contributed by atoms with Gasteiger partial charge in [0, 0.05) is 30.0 Å². The molecular formula is C25H28N4O6. The first kappa shape index (κ1) is 24.3. The Morgan fingerprint density at radius 3 is 2.69 bits per heavy atom. The second-order valence-corrected chi connectivity index (χ2v) is 8.25. The predicted octanol–water partition coefficient (Wildman–Crippen LogP) is 4.67. The van der Waals surface area contributed by atoms with Gasteiger partial charge in [-0.1, -0.05) is 6.07 Å². The van der Waals surface area contributed by atoms with Gasteiger partial charge >= 0.3 is 5.97 Å². The maximum absolute atomic E-state index is 12.7. The average Bonchev–Trinajstić information content (AvgIpc) is 3.49. The number of aromatic nitrogens is 3. The van der Waals surface area contributed by atoms with Crippen LogP contribution in [0.5, 0.6) is 5.88 Å². The van der Waals surface area contributed by atoms with Crippen LogP contribution in [-0.2, 0) is 9.47 Å². The Hall–Kier alpha value is -3.79. The summed E-state index contributed by atoms with van der Waals surface area (Å²) in [5, 5.41) is 16.7. The number of carbonyl (C=O) groups excluding carboxylic acids is 1. The van der Waals surface area contributed by atoms with Crippen molar-refractivity contribution < 1.29 is 23.9 Å². The number of nitrogens with zero attached hydrogens (tertiary/aromatic N) is 4. The van der Waals surface area contributed by atoms with Gasteiger partial charge in [-0.3, -0.25) is 14.8 Å². The number of benzene rings is 1. The molecule has 0 saturated carbocycles. The number of nitro benzene ring substituents is 1. The second-order valence-electron chi connectivity index (χ2n) is 8.25. The van der Waals surface area contributed by atoms with E-state index in [1.165, 1.54) is 12.3 Å². The number of esters is 1. The lowest BCUT2D eigenvalue weighted by molar-refractivity contribution is -0.384. The topological polar surface area (TPSA) is 119 Å². The van der Waals surface area contributed by atoms with Crippen molar-refractivity contribution in [2.75, 3.05) is 26.4 Å². The van der Waals surface area contributed by atoms with Gasteiger partial charge in [0.2, 0.25) is 5.88 Å². The molecule has 0 bridgehead atoms. The number of nitro groups is 1. The molecule has 0 amide bonds. The Kier molecular flexibility index (Phi) is 7.11. The Morgan fingerprint density at radius 2 is 2.06 bits per heavy atom. The third kappa shape index (κ3) is 4.74. The molecule has 184 valence electrons. The summed E-state index contributed by atoms with van der Waals surface area (Å²) >= 11 is 0. The molecule has 10 heteroatoms. The fraction of sp³-hybridized carbons (Fsp3) is 0.400. The Balaban J connectivity index is 1.88. The molecule has 1 aliphatic rings. The smallest absolute Gasteiger partial charge is 0.341 e. The summed E-state index contributed by atoms with van der Waals surface area (Å²) in [6.45, 7) is 9.00. The van der Waals surface area contributed by atoms with Crippen LogP contribution in [0.4, 0.5) is 5.69 Å². The van der Waals surface area contributed by atoms with Crippen molar-refractivity contribution in [2.24, 2.45) is 0 Å². The number of hydrogen-bond acceptors (Lipinski definition) is 8. The number of hydrogen-bond donors (Lipinski definition) is 0. The van der Waals surface area contributed by atoms with Gasteiger partial charge in [0.25, 0.3) is 5.69 Å². The number of rotatable bonds is 8. The minimum Gasteiger partial charge on any atom is -0.478 e. The van der Waals surface area contributed by atoms with E-state index in [9.17, 15) is 14.9 Å². The molecule has 1 unspecified atom stereocenters. The van der Waals surface area contributed by atoms with Crippen LogP contribution in [0.1, 0.15) is 47.9 Å². The number of ether oxygens (including phenoxy) is 3. The van der Waals surface area contributed by atoms with E-state index >= 15 is 0 Å². The molecule has 10 nitrogen and oxygen atoms in total. The summed E-state index contributed by atoms with van der Waals surface area (Å²) in [5.41, 5.74) is 3.74. The van der Waals surface area contributed by atoms with Crippen molar-refractivity contribution in [2.45, 2.75) is 40.2 Å². The van der Waals surface area contributed by atoms with Crippen LogP contribution < -0.4 is 4.74 Å². The standard InChI is InChI=1S/C25H28N4O6/c1-5-34-22-11-15(3)23(16(4)27-22)17-7-8-19(21(12-17)29(31)32)24-20(25(30)35-6-2)13-26-28(24)18-9-10-33-14-18/h7-8,11-13,18H,5-6,9-10,14H2,1-4H3. The van der Waals surface area contributed by atoms with Crippen LogP contribution in [0.3, 0.4) is 0 Å². The van der Waals surface area contributed by atoms with Crippen LogP contribution in [0.15, 0.2) is 30.5 Å². The molecule has 3 heterocycles. The van der Waals surface area contributed by atoms with Crippen molar-refractivity contribution in [3.05, 3.63) is 57.4 Å². The molecule has 3 aromatic rings. The summed E-state index contributed by atoms with van der Waals surface area (Å²) < 4.78 is 17.9. The molecule has 0 radical (unpaired) electrons. The van der Waals surface area contributed by atoms with E-state index in [2.05, 4.69) is 10.1 Å². The minimum absolute atomic E-state index is 0.132. The third-order valence-electron chi connectivity index (χ3n) is 5.95. The number of aryl methyl sites for hydroxylation is 2. The molecule has 1 atom stereocenters. The van der Waals surface area contributed by atoms with Crippen molar-refractivity contribution in [1.29, 1.82) is 0 Å². The lowest BCUT2D eigenvalue weighted by Gasteiger charge is -2.16. The highest BCUT2D eigenvalue weighted by molar-refractivity contribution is 5.98. The molecule has 1 fully saturated rings. The summed E-state index contributed by atoms with van der Waals surface area (Å²) in [5.74, 6) is -0.0624. The zero-order valence-corrected chi connectivity index (χ0v) is 20.2. The predicted molar refractivity (Wildman–Crippen MR) is 129 cm³/mol. The lowest BCUT2D eigenvalue weighted by atomic mass is 9.95. The van der Waals surface area contributed by atoms with E-state index < -0.39 is 10.9 Å². The summed E-state index contributed by atoms with van der Waals surface area (Å²) in [6, 6.07) is 6.67. The van der Waals surface area contributed by atoms with Gasteiger partial charge in [-0.2, -0.15) is 5.10 Å². The van der Waals surface area contributed by atoms with E-state index in [1.807, 2.05) is 26.8 Å². The Bertz CT molecular complexity index is 1240. The highest BCUT2D eigenvalue weighted by Crippen LogP contribution is 2.39. The van der Waals surface area contributed by atoms with Gasteiger partial charge in [0.15, 0.2) is 0 Å².